The summed E-state index contributed by atoms with van der Waals surface area (Å²) in [6.07, 6.45) is -1.44. The number of ketones is 2. The maximum atomic E-state index is 14.7. The Bertz CT molecular complexity index is 2160. The van der Waals surface area contributed by atoms with Crippen LogP contribution in [0, 0.1) is 29.5 Å². The summed E-state index contributed by atoms with van der Waals surface area (Å²) in [5, 5.41) is 23.2. The first-order valence-electron chi connectivity index (χ1n) is 23.1. The summed E-state index contributed by atoms with van der Waals surface area (Å²) in [4.78, 5) is 71.6. The summed E-state index contributed by atoms with van der Waals surface area (Å²) in [7, 11) is 3.51. The van der Waals surface area contributed by atoms with Crippen LogP contribution >= 0.6 is 0 Å². The number of aliphatic hydroxyl groups is 1. The number of likely N-dealkylation sites (N-methyl/N-ethyl adjacent to an activating group) is 1. The predicted molar refractivity (Wildman–Crippen MR) is 241 cm³/mol. The number of fused-ring (bicyclic) bond motifs is 1. The Kier molecular flexibility index (Phi) is 16.2. The fourth-order valence-corrected chi connectivity index (χ4v) is 10.2. The van der Waals surface area contributed by atoms with E-state index in [4.69, 9.17) is 33.5 Å². The molecular weight excluding hydrogens is 874 g/mol. The van der Waals surface area contributed by atoms with Gasteiger partial charge in [0.25, 0.3) is 0 Å². The van der Waals surface area contributed by atoms with E-state index in [9.17, 15) is 28.4 Å². The quantitative estimate of drug-likeness (QED) is 0.103. The van der Waals surface area contributed by atoms with Crippen molar-refractivity contribution in [3.63, 3.8) is 0 Å². The highest BCUT2D eigenvalue weighted by molar-refractivity contribution is 6.00. The van der Waals surface area contributed by atoms with Gasteiger partial charge in [-0.25, -0.2) is 18.7 Å². The summed E-state index contributed by atoms with van der Waals surface area (Å²) in [5.41, 5.74) is -1.05. The summed E-state index contributed by atoms with van der Waals surface area (Å²) < 4.78 is 53.0. The number of rotatable bonds is 14. The van der Waals surface area contributed by atoms with Crippen LogP contribution in [0.15, 0.2) is 36.5 Å². The van der Waals surface area contributed by atoms with Crippen molar-refractivity contribution in [3.05, 3.63) is 48.1 Å². The molecule has 0 saturated carbocycles. The van der Waals surface area contributed by atoms with Gasteiger partial charge in [-0.05, 0) is 78.3 Å². The molecule has 6 rings (SSSR count). The number of nitrogens with zero attached hydrogens (tertiary/aromatic N) is 5. The predicted octanol–water partition coefficient (Wildman–Crippen LogP) is 4.45. The van der Waals surface area contributed by atoms with Crippen molar-refractivity contribution in [2.24, 2.45) is 23.7 Å². The number of anilines is 2. The number of carbonyl (C=O) groups excluding carboxylic acids is 5. The smallest absolute Gasteiger partial charge is 0.414 e. The van der Waals surface area contributed by atoms with Gasteiger partial charge >= 0.3 is 18.2 Å². The minimum absolute atomic E-state index is 0.0113. The average molecular weight is 942 g/mol. The van der Waals surface area contributed by atoms with Gasteiger partial charge < -0.3 is 49.1 Å². The second-order valence-electron chi connectivity index (χ2n) is 19.2. The SMILES string of the molecule is C=C(C)[C@H]1OC(=O)[C@H](C)C(=O)[C@H](C)[C@@H](O[C@H]2C[C@@H](N(C)CCc3cn(C[C@H]4CN(c5ccc(NCCO)c(F)c5)C(=O)O4)nn3)C[C@@H](C)O2)[C@](C)(OC)C[C@@H](C)C(=O)[C@@H](C)[C@H]2NC(=O)O[C@]12C. The molecule has 4 aliphatic heterocycles. The molecule has 0 unspecified atom stereocenters. The van der Waals surface area contributed by atoms with Crippen molar-refractivity contribution >= 4 is 41.1 Å². The molecule has 67 heavy (non-hydrogen) atoms. The molecule has 5 heterocycles. The summed E-state index contributed by atoms with van der Waals surface area (Å²) in [6, 6.07) is 3.47. The third kappa shape index (κ3) is 11.3. The van der Waals surface area contributed by atoms with Crippen LogP contribution in [0.3, 0.4) is 0 Å². The summed E-state index contributed by atoms with van der Waals surface area (Å²) >= 11 is 0. The molecule has 0 bridgehead atoms. The van der Waals surface area contributed by atoms with E-state index >= 15 is 0 Å². The van der Waals surface area contributed by atoms with Crippen molar-refractivity contribution in [2.75, 3.05) is 50.6 Å². The van der Waals surface area contributed by atoms with Crippen LogP contribution in [0.25, 0.3) is 0 Å². The Labute approximate surface area is 391 Å². The number of hydrogen-bond donors (Lipinski definition) is 3. The lowest BCUT2D eigenvalue weighted by Crippen LogP contribution is -2.58. The Morgan fingerprint density at radius 2 is 1.81 bits per heavy atom. The molecule has 1 aromatic carbocycles. The Balaban J connectivity index is 1.12. The van der Waals surface area contributed by atoms with E-state index in [0.717, 1.165) is 5.69 Å². The zero-order valence-corrected chi connectivity index (χ0v) is 40.3. The molecule has 0 spiro atoms. The van der Waals surface area contributed by atoms with Crippen LogP contribution < -0.4 is 15.5 Å². The van der Waals surface area contributed by atoms with E-state index in [2.05, 4.69) is 32.4 Å². The topological polar surface area (TPSA) is 222 Å². The lowest BCUT2D eigenvalue weighted by molar-refractivity contribution is -0.263. The Morgan fingerprint density at radius 1 is 1.07 bits per heavy atom. The standard InChI is InChI=1S/C47H68FN7O12/c1-25(2)41-47(9)40(50-44(60)67-47)28(5)38(57)26(3)21-46(8,62-11)42(29(6)39(58)30(7)43(59)66-41)65-37-20-33(18-27(4)63-37)53(10)16-14-31-22-54(52-51-31)23-34-24-55(45(61)64-34)32-12-13-36(35(48)19-32)49-15-17-56/h12-13,19,22,26-30,33-34,37,40-42,49,56H,1,14-18,20-21,23-24H2,2-11H3,(H,50,60)/t26-,27-,28-,29+,30-,33+,34+,37+,40-,41-,42-,46-,47+/m1/s1. The monoisotopic (exact) mass is 941 g/mol. The van der Waals surface area contributed by atoms with E-state index in [1.54, 1.807) is 58.5 Å². The number of aromatic nitrogens is 3. The van der Waals surface area contributed by atoms with Crippen molar-refractivity contribution in [3.8, 4) is 0 Å². The molecule has 20 heteroatoms. The molecular formula is C47H68FN7O12. The second-order valence-corrected chi connectivity index (χ2v) is 19.2. The molecule has 370 valence electrons. The minimum atomic E-state index is -1.49. The fourth-order valence-electron chi connectivity index (χ4n) is 10.2. The normalized spacial score (nSPS) is 34.3. The van der Waals surface area contributed by atoms with Gasteiger partial charge in [-0.1, -0.05) is 32.6 Å². The van der Waals surface area contributed by atoms with Gasteiger partial charge in [0.05, 0.1) is 60.6 Å². The maximum Gasteiger partial charge on any atom is 0.414 e. The number of Topliss-reactive ketones (excluding diaryl/α,β-unsaturated/α-hetero) is 2. The Hall–Kier alpha value is -5.02. The van der Waals surface area contributed by atoms with E-state index in [-0.39, 0.29) is 56.3 Å². The number of methoxy groups -OCH3 is 1. The largest absolute Gasteiger partial charge is 0.453 e. The fraction of sp³-hybridized carbons (Fsp3) is 0.681. The zero-order chi connectivity index (χ0) is 49.1. The molecule has 2 amide bonds. The van der Waals surface area contributed by atoms with Crippen LogP contribution in [0.1, 0.15) is 80.3 Å². The third-order valence-electron chi connectivity index (χ3n) is 13.9. The number of hydrogen-bond acceptors (Lipinski definition) is 16. The number of benzene rings is 1. The van der Waals surface area contributed by atoms with Crippen molar-refractivity contribution in [1.82, 2.24) is 25.2 Å². The van der Waals surface area contributed by atoms with Crippen LogP contribution in [-0.2, 0) is 55.8 Å². The highest BCUT2D eigenvalue weighted by Crippen LogP contribution is 2.41. The Morgan fingerprint density at radius 3 is 2.48 bits per heavy atom. The highest BCUT2D eigenvalue weighted by atomic mass is 19.1. The van der Waals surface area contributed by atoms with Gasteiger partial charge in [-0.15, -0.1) is 5.10 Å². The minimum Gasteiger partial charge on any atom is -0.453 e. The number of alkyl carbamates (subject to hydrolysis) is 1. The molecule has 2 aromatic rings. The molecule has 3 N–H and O–H groups in total. The van der Waals surface area contributed by atoms with E-state index in [0.29, 0.717) is 37.1 Å². The van der Waals surface area contributed by atoms with Gasteiger partial charge in [-0.2, -0.15) is 0 Å². The average Bonchev–Trinajstić information content (AvgIpc) is 3.99. The zero-order valence-electron chi connectivity index (χ0n) is 40.3. The van der Waals surface area contributed by atoms with E-state index in [1.807, 2.05) is 14.0 Å². The maximum absolute atomic E-state index is 14.7. The number of carbonyl (C=O) groups is 5. The van der Waals surface area contributed by atoms with Crippen LogP contribution in [0.5, 0.6) is 0 Å². The molecule has 13 atom stereocenters. The molecule has 4 aliphatic rings. The van der Waals surface area contributed by atoms with Crippen molar-refractivity contribution in [1.29, 1.82) is 0 Å². The van der Waals surface area contributed by atoms with Gasteiger partial charge in [-0.3, -0.25) is 19.3 Å². The van der Waals surface area contributed by atoms with E-state index in [1.165, 1.54) is 31.1 Å². The molecule has 0 radical (unpaired) electrons. The summed E-state index contributed by atoms with van der Waals surface area (Å²) in [5.74, 6) is -5.65. The number of esters is 1. The lowest BCUT2D eigenvalue weighted by Gasteiger charge is -2.45. The second kappa shape index (κ2) is 21.1. The van der Waals surface area contributed by atoms with E-state index < -0.39 is 95.3 Å². The first-order valence-corrected chi connectivity index (χ1v) is 23.1. The van der Waals surface area contributed by atoms with Crippen LogP contribution in [0.4, 0.5) is 25.4 Å². The molecule has 4 saturated heterocycles. The van der Waals surface area contributed by atoms with Gasteiger partial charge in [0.2, 0.25) is 0 Å². The molecule has 1 aromatic heterocycles. The van der Waals surface area contributed by atoms with Crippen molar-refractivity contribution in [2.45, 2.75) is 142 Å². The van der Waals surface area contributed by atoms with Gasteiger partial charge in [0.15, 0.2) is 23.8 Å². The molecule has 0 aliphatic carbocycles. The molecule has 4 fully saturated rings. The first kappa shape index (κ1) is 51.4. The number of amides is 2. The number of nitrogens with one attached hydrogen (secondary N) is 2. The van der Waals surface area contributed by atoms with Gasteiger partial charge in [0, 0.05) is 63.0 Å². The number of halogens is 1. The van der Waals surface area contributed by atoms with Gasteiger partial charge in [0.1, 0.15) is 23.6 Å². The summed E-state index contributed by atoms with van der Waals surface area (Å²) in [6.45, 7) is 18.7. The number of ether oxygens (including phenoxy) is 6. The highest BCUT2D eigenvalue weighted by Gasteiger charge is 2.58. The molecule has 19 nitrogen and oxygen atoms in total. The lowest BCUT2D eigenvalue weighted by atomic mass is 9.73. The third-order valence-corrected chi connectivity index (χ3v) is 13.9. The van der Waals surface area contributed by atoms with Crippen LogP contribution in [0.2, 0.25) is 0 Å². The van der Waals surface area contributed by atoms with Crippen LogP contribution in [-0.4, -0.2) is 149 Å². The number of cyclic esters (lactones) is 2. The van der Waals surface area contributed by atoms with Crippen molar-refractivity contribution < 1.29 is 61.9 Å². The number of aliphatic hydroxyl groups excluding tert-OH is 1. The first-order chi connectivity index (χ1) is 31.6.